The first-order valence-electron chi connectivity index (χ1n) is 19.4. The summed E-state index contributed by atoms with van der Waals surface area (Å²) in [5.74, 6) is -1.29. The van der Waals surface area contributed by atoms with Gasteiger partial charge in [0.25, 0.3) is 0 Å². The lowest BCUT2D eigenvalue weighted by molar-refractivity contribution is -0.147. The van der Waals surface area contributed by atoms with E-state index in [-0.39, 0.29) is 53.8 Å². The van der Waals surface area contributed by atoms with Crippen molar-refractivity contribution >= 4 is 34.5 Å². The molecule has 1 saturated heterocycles. The van der Waals surface area contributed by atoms with Gasteiger partial charge in [0, 0.05) is 45.9 Å². The van der Waals surface area contributed by atoms with Crippen molar-refractivity contribution in [1.82, 2.24) is 30.7 Å². The number of aromatic nitrogens is 1. The Bertz CT molecular complexity index is 1500. The molecule has 4 amide bonds. The molecule has 1 aromatic heterocycles. The molecule has 12 heteroatoms. The molecule has 1 unspecified atom stereocenters. The van der Waals surface area contributed by atoms with Crippen LogP contribution in [0.4, 0.5) is 0 Å². The van der Waals surface area contributed by atoms with E-state index in [4.69, 9.17) is 9.47 Å². The van der Waals surface area contributed by atoms with E-state index in [1.54, 1.807) is 39.4 Å². The fraction of sp³-hybridized carbons (Fsp3) is 0.683. The van der Waals surface area contributed by atoms with Crippen molar-refractivity contribution in [3.8, 4) is 0 Å². The molecular weight excluding hydrogens is 672 g/mol. The number of likely N-dealkylation sites (tertiary alicyclic amines) is 1. The van der Waals surface area contributed by atoms with Gasteiger partial charge in [0.05, 0.1) is 48.2 Å². The lowest BCUT2D eigenvalue weighted by Gasteiger charge is -2.41. The third-order valence-electron chi connectivity index (χ3n) is 11.2. The lowest BCUT2D eigenvalue weighted by atomic mass is 9.89. The number of carbonyl (C=O) groups is 4. The number of nitrogens with zero attached hydrogens (tertiary/aromatic N) is 3. The standard InChI is InChI=1S/C41H66N6O6/c1-12-27(6)37(46(9)41(51)35(26(4)5)45-40(50)34(42-8)25(2)3)32(52-10)24-33(48)47-23-15-19-31(47)38(53-11)28(7)39(49)44-22-20-30-17-13-16-29-18-14-21-43-36(29)30/h13-14,16-18,21,25-28,31-32,34-35,37-38,42H,12,15,19-20,22-24H2,1-11H3,(H,44,49)(H,45,50)/t27-,28+,31-,32+,34-,35-,37?,38+/m0/s1. The fourth-order valence-corrected chi connectivity index (χ4v) is 7.90. The average molecular weight is 739 g/mol. The van der Waals surface area contributed by atoms with Gasteiger partial charge in [-0.1, -0.05) is 79.2 Å². The molecule has 0 radical (unpaired) electrons. The molecular formula is C41H66N6O6. The van der Waals surface area contributed by atoms with Crippen LogP contribution in [0, 0.1) is 23.7 Å². The number of carbonyl (C=O) groups excluding carboxylic acids is 4. The van der Waals surface area contributed by atoms with Crippen molar-refractivity contribution in [2.24, 2.45) is 23.7 Å². The lowest BCUT2D eigenvalue weighted by Crippen LogP contribution is -2.59. The third kappa shape index (κ3) is 11.0. The molecule has 0 saturated carbocycles. The minimum atomic E-state index is -0.747. The molecule has 2 heterocycles. The maximum atomic E-state index is 14.2. The number of fused-ring (bicyclic) bond motifs is 1. The van der Waals surface area contributed by atoms with Gasteiger partial charge in [0.2, 0.25) is 23.6 Å². The van der Waals surface area contributed by atoms with Gasteiger partial charge in [-0.3, -0.25) is 24.2 Å². The molecule has 3 rings (SSSR count). The van der Waals surface area contributed by atoms with E-state index in [1.807, 2.05) is 69.9 Å². The molecule has 2 aromatic rings. The van der Waals surface area contributed by atoms with Crippen LogP contribution in [0.1, 0.15) is 79.7 Å². The van der Waals surface area contributed by atoms with Gasteiger partial charge in [-0.25, -0.2) is 0 Å². The minimum absolute atomic E-state index is 0.000377. The molecule has 1 fully saturated rings. The number of benzene rings is 1. The monoisotopic (exact) mass is 739 g/mol. The molecule has 296 valence electrons. The molecule has 1 aliphatic rings. The van der Waals surface area contributed by atoms with Crippen LogP contribution >= 0.6 is 0 Å². The van der Waals surface area contributed by atoms with Gasteiger partial charge < -0.3 is 35.2 Å². The normalized spacial score (nSPS) is 18.7. The number of ether oxygens (including phenoxy) is 2. The number of amides is 4. The molecule has 8 atom stereocenters. The number of hydrogen-bond acceptors (Lipinski definition) is 8. The first-order chi connectivity index (χ1) is 25.2. The SMILES string of the molecule is CC[C@H](C)C([C@@H](CC(=O)N1CCC[C@H]1[C@H](OC)[C@@H](C)C(=O)NCCc1cccc2cccnc12)OC)N(C)C(=O)[C@@H](NC(=O)[C@@H](NC)C(C)C)C(C)C. The molecule has 53 heavy (non-hydrogen) atoms. The maximum Gasteiger partial charge on any atom is 0.245 e. The first-order valence-corrected chi connectivity index (χ1v) is 19.4. The Labute approximate surface area is 317 Å². The van der Waals surface area contributed by atoms with E-state index >= 15 is 0 Å². The first kappa shape index (κ1) is 43.8. The Morgan fingerprint density at radius 1 is 0.962 bits per heavy atom. The van der Waals surface area contributed by atoms with Crippen LogP contribution in [0.5, 0.6) is 0 Å². The number of pyridine rings is 1. The molecule has 1 aromatic carbocycles. The van der Waals surface area contributed by atoms with Crippen molar-refractivity contribution < 1.29 is 28.7 Å². The molecule has 12 nitrogen and oxygen atoms in total. The van der Waals surface area contributed by atoms with E-state index in [0.717, 1.165) is 29.3 Å². The van der Waals surface area contributed by atoms with E-state index in [2.05, 4.69) is 34.8 Å². The number of methoxy groups -OCH3 is 2. The summed E-state index contributed by atoms with van der Waals surface area (Å²) in [5, 5.41) is 10.2. The van der Waals surface area contributed by atoms with Gasteiger partial charge >= 0.3 is 0 Å². The van der Waals surface area contributed by atoms with Gasteiger partial charge in [-0.15, -0.1) is 0 Å². The van der Waals surface area contributed by atoms with Crippen LogP contribution in [0.2, 0.25) is 0 Å². The van der Waals surface area contributed by atoms with Crippen molar-refractivity contribution in [2.75, 3.05) is 41.4 Å². The van der Waals surface area contributed by atoms with Gasteiger partial charge in [-0.2, -0.15) is 0 Å². The third-order valence-corrected chi connectivity index (χ3v) is 11.2. The van der Waals surface area contributed by atoms with E-state index in [0.29, 0.717) is 25.9 Å². The van der Waals surface area contributed by atoms with Crippen LogP contribution in [-0.2, 0) is 35.1 Å². The van der Waals surface area contributed by atoms with E-state index < -0.39 is 36.3 Å². The number of rotatable bonds is 20. The summed E-state index contributed by atoms with van der Waals surface area (Å²) in [6.07, 6.45) is 3.65. The van der Waals surface area contributed by atoms with Crippen molar-refractivity contribution in [3.05, 3.63) is 42.1 Å². The predicted octanol–water partition coefficient (Wildman–Crippen LogP) is 4.20. The zero-order chi connectivity index (χ0) is 39.4. The van der Waals surface area contributed by atoms with E-state index in [9.17, 15) is 19.2 Å². The largest absolute Gasteiger partial charge is 0.379 e. The molecule has 1 aliphatic heterocycles. The second kappa shape index (κ2) is 20.7. The number of hydrogen-bond donors (Lipinski definition) is 3. The highest BCUT2D eigenvalue weighted by Crippen LogP contribution is 2.30. The molecule has 0 bridgehead atoms. The summed E-state index contributed by atoms with van der Waals surface area (Å²) in [6.45, 7) is 14.7. The molecule has 0 spiro atoms. The Kier molecular flexibility index (Phi) is 17.1. The Morgan fingerprint density at radius 2 is 1.64 bits per heavy atom. The van der Waals surface area contributed by atoms with Gasteiger partial charge in [0.15, 0.2) is 0 Å². The Hall–Kier alpha value is -3.61. The zero-order valence-electron chi connectivity index (χ0n) is 34.0. The van der Waals surface area contributed by atoms with Crippen LogP contribution in [0.25, 0.3) is 10.9 Å². The van der Waals surface area contributed by atoms with Crippen LogP contribution in [0.3, 0.4) is 0 Å². The second-order valence-electron chi connectivity index (χ2n) is 15.4. The quantitative estimate of drug-likeness (QED) is 0.184. The number of para-hydroxylation sites is 1. The van der Waals surface area contributed by atoms with Crippen LogP contribution < -0.4 is 16.0 Å². The second-order valence-corrected chi connectivity index (χ2v) is 15.4. The van der Waals surface area contributed by atoms with Crippen LogP contribution in [-0.4, -0.2) is 116 Å². The summed E-state index contributed by atoms with van der Waals surface area (Å²) in [5.41, 5.74) is 2.00. The van der Waals surface area contributed by atoms with Crippen molar-refractivity contribution in [3.63, 3.8) is 0 Å². The smallest absolute Gasteiger partial charge is 0.245 e. The Morgan fingerprint density at radius 3 is 2.25 bits per heavy atom. The zero-order valence-corrected chi connectivity index (χ0v) is 34.0. The van der Waals surface area contributed by atoms with Gasteiger partial charge in [-0.05, 0) is 55.7 Å². The summed E-state index contributed by atoms with van der Waals surface area (Å²) in [4.78, 5) is 63.0. The molecule has 0 aliphatic carbocycles. The highest BCUT2D eigenvalue weighted by Gasteiger charge is 2.43. The van der Waals surface area contributed by atoms with Crippen molar-refractivity contribution in [2.45, 2.75) is 117 Å². The number of likely N-dealkylation sites (N-methyl/N-ethyl adjacent to an activating group) is 2. The summed E-state index contributed by atoms with van der Waals surface area (Å²) in [7, 11) is 6.65. The summed E-state index contributed by atoms with van der Waals surface area (Å²) >= 11 is 0. The predicted molar refractivity (Wildman–Crippen MR) is 209 cm³/mol. The Balaban J connectivity index is 1.72. The van der Waals surface area contributed by atoms with Gasteiger partial charge in [0.1, 0.15) is 6.04 Å². The topological polar surface area (TPSA) is 142 Å². The summed E-state index contributed by atoms with van der Waals surface area (Å²) < 4.78 is 12.0. The highest BCUT2D eigenvalue weighted by atomic mass is 16.5. The van der Waals surface area contributed by atoms with Crippen molar-refractivity contribution in [1.29, 1.82) is 0 Å². The maximum absolute atomic E-state index is 14.2. The minimum Gasteiger partial charge on any atom is -0.379 e. The summed E-state index contributed by atoms with van der Waals surface area (Å²) in [6, 6.07) is 8.11. The fourth-order valence-electron chi connectivity index (χ4n) is 7.90. The van der Waals surface area contributed by atoms with Crippen LogP contribution in [0.15, 0.2) is 36.5 Å². The average Bonchev–Trinajstić information content (AvgIpc) is 3.63. The van der Waals surface area contributed by atoms with E-state index in [1.165, 1.54) is 0 Å². The number of nitrogens with one attached hydrogen (secondary N) is 3. The molecule has 3 N–H and O–H groups in total. The highest BCUT2D eigenvalue weighted by molar-refractivity contribution is 5.90.